The first kappa shape index (κ1) is 16.7. The van der Waals surface area contributed by atoms with Crippen LogP contribution in [0.25, 0.3) is 11.0 Å². The third kappa shape index (κ3) is 3.10. The van der Waals surface area contributed by atoms with E-state index in [-0.39, 0.29) is 30.5 Å². The molecule has 0 aliphatic carbocycles. The summed E-state index contributed by atoms with van der Waals surface area (Å²) in [6.07, 6.45) is 0. The van der Waals surface area contributed by atoms with Crippen LogP contribution in [0.3, 0.4) is 0 Å². The molecule has 136 valence electrons. The van der Waals surface area contributed by atoms with Gasteiger partial charge in [-0.1, -0.05) is 12.1 Å². The Bertz CT molecular complexity index is 1080. The summed E-state index contributed by atoms with van der Waals surface area (Å²) >= 11 is 0. The molecule has 0 bridgehead atoms. The van der Waals surface area contributed by atoms with Gasteiger partial charge in [-0.15, -0.1) is 0 Å². The van der Waals surface area contributed by atoms with E-state index in [1.807, 2.05) is 18.2 Å². The molecule has 1 aliphatic rings. The van der Waals surface area contributed by atoms with Gasteiger partial charge in [0.1, 0.15) is 12.2 Å². The molecule has 0 fully saturated rings. The highest BCUT2D eigenvalue weighted by atomic mass is 16.7. The number of aromatic nitrogens is 2. The first-order valence-electron chi connectivity index (χ1n) is 8.00. The van der Waals surface area contributed by atoms with Gasteiger partial charge in [0.05, 0.1) is 33.4 Å². The molecule has 1 aromatic heterocycles. The van der Waals surface area contributed by atoms with Crippen LogP contribution in [0.15, 0.2) is 36.4 Å². The maximum atomic E-state index is 12.4. The summed E-state index contributed by atoms with van der Waals surface area (Å²) in [7, 11) is 0. The third-order valence-electron chi connectivity index (χ3n) is 4.09. The largest absolute Gasteiger partial charge is 0.455 e. The molecule has 0 N–H and O–H groups in total. The van der Waals surface area contributed by atoms with Gasteiger partial charge >= 0.3 is 5.97 Å². The summed E-state index contributed by atoms with van der Waals surface area (Å²) in [5.74, 6) is -0.377. The number of nitro benzene ring substituents is 1. The molecule has 0 spiro atoms. The van der Waals surface area contributed by atoms with E-state index >= 15 is 0 Å². The zero-order valence-electron chi connectivity index (χ0n) is 14.2. The fourth-order valence-corrected chi connectivity index (χ4v) is 2.72. The minimum absolute atomic E-state index is 0.0587. The number of para-hydroxylation sites is 2. The van der Waals surface area contributed by atoms with Crippen LogP contribution in [0.2, 0.25) is 0 Å². The Balaban J connectivity index is 1.60. The average molecular weight is 367 g/mol. The Morgan fingerprint density at radius 1 is 1.19 bits per heavy atom. The molecule has 0 radical (unpaired) electrons. The minimum atomic E-state index is -0.852. The minimum Gasteiger partial charge on any atom is -0.455 e. The first-order valence-corrected chi connectivity index (χ1v) is 8.00. The van der Waals surface area contributed by atoms with Gasteiger partial charge < -0.3 is 14.2 Å². The van der Waals surface area contributed by atoms with E-state index in [0.29, 0.717) is 16.9 Å². The van der Waals surface area contributed by atoms with Gasteiger partial charge in [-0.05, 0) is 19.1 Å². The fraction of sp³-hybridized carbons (Fsp3) is 0.167. The molecule has 0 saturated heterocycles. The van der Waals surface area contributed by atoms with Crippen molar-refractivity contribution in [3.8, 4) is 11.5 Å². The number of fused-ring (bicyclic) bond motifs is 2. The van der Waals surface area contributed by atoms with Crippen molar-refractivity contribution < 1.29 is 23.9 Å². The molecule has 27 heavy (non-hydrogen) atoms. The molecule has 2 heterocycles. The Morgan fingerprint density at radius 2 is 1.85 bits per heavy atom. The highest BCUT2D eigenvalue weighted by Gasteiger charge is 2.28. The lowest BCUT2D eigenvalue weighted by Crippen LogP contribution is -2.10. The predicted octanol–water partition coefficient (Wildman–Crippen LogP) is 2.93. The number of ether oxygens (including phenoxy) is 3. The second kappa shape index (κ2) is 6.52. The summed E-state index contributed by atoms with van der Waals surface area (Å²) in [4.78, 5) is 31.9. The lowest BCUT2D eigenvalue weighted by molar-refractivity contribution is -0.385. The number of esters is 1. The molecule has 0 amide bonds. The molecule has 0 saturated carbocycles. The van der Waals surface area contributed by atoms with Crippen LogP contribution >= 0.6 is 0 Å². The van der Waals surface area contributed by atoms with Crippen molar-refractivity contribution in [1.82, 2.24) is 9.97 Å². The number of nitro groups is 1. The molecule has 0 unspecified atom stereocenters. The number of rotatable bonds is 4. The van der Waals surface area contributed by atoms with Gasteiger partial charge in [-0.2, -0.15) is 0 Å². The monoisotopic (exact) mass is 367 g/mol. The van der Waals surface area contributed by atoms with E-state index in [2.05, 4.69) is 9.97 Å². The standard InChI is InChI=1S/C18H13N3O6/c1-10-14(20-13-5-3-2-4-12(13)19-10)8-25-18(22)11-6-16-17(27-9-26-16)7-15(11)21(23)24/h2-7H,8-9H2,1H3. The number of carbonyl (C=O) groups excluding carboxylic acids is 1. The number of hydrogen-bond donors (Lipinski definition) is 0. The van der Waals surface area contributed by atoms with Crippen LogP contribution in [-0.4, -0.2) is 27.7 Å². The van der Waals surface area contributed by atoms with E-state index in [1.165, 1.54) is 6.07 Å². The van der Waals surface area contributed by atoms with Crippen molar-refractivity contribution >= 4 is 22.7 Å². The van der Waals surface area contributed by atoms with Crippen LogP contribution in [0.5, 0.6) is 11.5 Å². The predicted molar refractivity (Wildman–Crippen MR) is 92.6 cm³/mol. The van der Waals surface area contributed by atoms with Crippen molar-refractivity contribution in [3.05, 3.63) is 63.5 Å². The average Bonchev–Trinajstić information content (AvgIpc) is 3.12. The highest BCUT2D eigenvalue weighted by Crippen LogP contribution is 2.38. The Hall–Kier alpha value is -3.75. The lowest BCUT2D eigenvalue weighted by Gasteiger charge is -2.09. The van der Waals surface area contributed by atoms with Gasteiger partial charge in [-0.3, -0.25) is 10.1 Å². The Morgan fingerprint density at radius 3 is 2.56 bits per heavy atom. The summed E-state index contributed by atoms with van der Waals surface area (Å²) in [5, 5.41) is 11.3. The van der Waals surface area contributed by atoms with Crippen molar-refractivity contribution in [3.63, 3.8) is 0 Å². The normalized spacial score (nSPS) is 12.2. The molecule has 9 nitrogen and oxygen atoms in total. The molecule has 0 atom stereocenters. The number of nitrogens with zero attached hydrogens (tertiary/aromatic N) is 3. The molecule has 9 heteroatoms. The smallest absolute Gasteiger partial charge is 0.345 e. The van der Waals surface area contributed by atoms with Gasteiger partial charge in [0, 0.05) is 6.07 Å². The molecule has 4 rings (SSSR count). The summed E-state index contributed by atoms with van der Waals surface area (Å²) in [6.45, 7) is 1.54. The third-order valence-corrected chi connectivity index (χ3v) is 4.09. The van der Waals surface area contributed by atoms with E-state index in [0.717, 1.165) is 11.6 Å². The molecular weight excluding hydrogens is 354 g/mol. The van der Waals surface area contributed by atoms with Crippen molar-refractivity contribution in [2.24, 2.45) is 0 Å². The SMILES string of the molecule is Cc1nc2ccccc2nc1COC(=O)c1cc2c(cc1[N+](=O)[O-])OCO2. The number of carbonyl (C=O) groups is 1. The molecular formula is C18H13N3O6. The van der Waals surface area contributed by atoms with Crippen molar-refractivity contribution in [2.75, 3.05) is 6.79 Å². The maximum Gasteiger partial charge on any atom is 0.345 e. The topological polar surface area (TPSA) is 114 Å². The lowest BCUT2D eigenvalue weighted by atomic mass is 10.1. The van der Waals surface area contributed by atoms with Crippen LogP contribution < -0.4 is 9.47 Å². The summed E-state index contributed by atoms with van der Waals surface area (Å²) < 4.78 is 15.5. The highest BCUT2D eigenvalue weighted by molar-refractivity contribution is 5.95. The van der Waals surface area contributed by atoms with Gasteiger partial charge in [-0.25, -0.2) is 14.8 Å². The van der Waals surface area contributed by atoms with Gasteiger partial charge in [0.25, 0.3) is 5.69 Å². The summed E-state index contributed by atoms with van der Waals surface area (Å²) in [6, 6.07) is 9.73. The van der Waals surface area contributed by atoms with E-state index in [1.54, 1.807) is 13.0 Å². The van der Waals surface area contributed by atoms with Crippen LogP contribution in [-0.2, 0) is 11.3 Å². The molecule has 2 aromatic carbocycles. The Labute approximate surface area is 152 Å². The van der Waals surface area contributed by atoms with Crippen molar-refractivity contribution in [1.29, 1.82) is 0 Å². The zero-order chi connectivity index (χ0) is 19.0. The quantitative estimate of drug-likeness (QED) is 0.393. The second-order valence-corrected chi connectivity index (χ2v) is 5.80. The first-order chi connectivity index (χ1) is 13.0. The van der Waals surface area contributed by atoms with Crippen LogP contribution in [0, 0.1) is 17.0 Å². The number of hydrogen-bond acceptors (Lipinski definition) is 8. The van der Waals surface area contributed by atoms with Crippen LogP contribution in [0.1, 0.15) is 21.7 Å². The van der Waals surface area contributed by atoms with Gasteiger partial charge in [0.15, 0.2) is 11.5 Å². The number of benzene rings is 2. The van der Waals surface area contributed by atoms with Crippen LogP contribution in [0.4, 0.5) is 5.69 Å². The fourth-order valence-electron chi connectivity index (χ4n) is 2.72. The second-order valence-electron chi connectivity index (χ2n) is 5.80. The zero-order valence-corrected chi connectivity index (χ0v) is 14.2. The maximum absolute atomic E-state index is 12.4. The van der Waals surface area contributed by atoms with Crippen molar-refractivity contribution in [2.45, 2.75) is 13.5 Å². The van der Waals surface area contributed by atoms with E-state index in [4.69, 9.17) is 14.2 Å². The van der Waals surface area contributed by atoms with E-state index < -0.39 is 16.6 Å². The summed E-state index contributed by atoms with van der Waals surface area (Å²) in [5.41, 5.74) is 1.87. The molecule has 1 aliphatic heterocycles. The van der Waals surface area contributed by atoms with Gasteiger partial charge in [0.2, 0.25) is 6.79 Å². The Kier molecular flexibility index (Phi) is 4.03. The number of aryl methyl sites for hydroxylation is 1. The molecule has 3 aromatic rings. The van der Waals surface area contributed by atoms with E-state index in [9.17, 15) is 14.9 Å².